The lowest BCUT2D eigenvalue weighted by Gasteiger charge is -2.35. The molecule has 0 radical (unpaired) electrons. The minimum Gasteiger partial charge on any atom is -0.452 e. The zero-order valence-electron chi connectivity index (χ0n) is 38.0. The number of carbonyl (C=O) groups excluding carboxylic acids is 7. The van der Waals surface area contributed by atoms with E-state index in [0.29, 0.717) is 24.0 Å². The molecule has 0 aliphatic carbocycles. The van der Waals surface area contributed by atoms with E-state index in [9.17, 15) is 37.8 Å². The molecule has 1 aliphatic heterocycles. The summed E-state index contributed by atoms with van der Waals surface area (Å²) >= 11 is 0. The Balaban J connectivity index is 2.22. The second kappa shape index (κ2) is 24.5. The Labute approximate surface area is 369 Å². The number of hydrogen-bond acceptors (Lipinski definition) is 9. The number of nitrogens with zero attached hydrogens (tertiary/aromatic N) is 2. The molecule has 0 aromatic heterocycles. The van der Waals surface area contributed by atoms with Gasteiger partial charge in [-0.1, -0.05) is 102 Å². The maximum Gasteiger partial charge on any atom is 0.311 e. The Kier molecular flexibility index (Phi) is 20.2. The van der Waals surface area contributed by atoms with Gasteiger partial charge < -0.3 is 35.8 Å². The first kappa shape index (κ1) is 51.2. The van der Waals surface area contributed by atoms with Crippen molar-refractivity contribution in [2.75, 3.05) is 26.1 Å². The Hall–Kier alpha value is -5.12. The van der Waals surface area contributed by atoms with Crippen molar-refractivity contribution in [3.63, 3.8) is 0 Å². The summed E-state index contributed by atoms with van der Waals surface area (Å²) in [7, 11) is 1.53. The summed E-state index contributed by atoms with van der Waals surface area (Å²) in [4.78, 5) is 102. The van der Waals surface area contributed by atoms with Gasteiger partial charge in [0.05, 0.1) is 5.92 Å². The minimum absolute atomic E-state index is 0.0265. The summed E-state index contributed by atoms with van der Waals surface area (Å²) in [6.45, 7) is 12.2. The van der Waals surface area contributed by atoms with Gasteiger partial charge >= 0.3 is 5.97 Å². The Morgan fingerprint density at radius 3 is 1.73 bits per heavy atom. The molecule has 1 saturated heterocycles. The van der Waals surface area contributed by atoms with E-state index in [1.807, 2.05) is 32.9 Å². The highest BCUT2D eigenvalue weighted by Crippen LogP contribution is 2.21. The molecule has 342 valence electrons. The molecule has 2 aromatic rings. The number of benzene rings is 2. The summed E-state index contributed by atoms with van der Waals surface area (Å²) in [6, 6.07) is 11.4. The van der Waals surface area contributed by atoms with Crippen LogP contribution in [-0.2, 0) is 61.9 Å². The number of rotatable bonds is 12. The van der Waals surface area contributed by atoms with Crippen molar-refractivity contribution < 1.29 is 42.5 Å². The number of esters is 1. The zero-order valence-corrected chi connectivity index (χ0v) is 38.8. The van der Waals surface area contributed by atoms with Gasteiger partial charge in [0.15, 0.2) is 6.10 Å². The van der Waals surface area contributed by atoms with E-state index in [4.69, 9.17) is 4.74 Å². The number of amides is 6. The SMILES string of the molecule is CCC[C@H]1NC(=O)[C@H](C)NC(=O)[C@H](CC(C)C)N(C)C(=O)[C@H](Cc2ccccc2)NC(=O)[C@H](CC[S@@](C)=O)NC(=O)[C@@H](Cc2ccccc2)N(C)C(=O)[C@@H](C(C)C)OC(=O)[C@@H]1C. The van der Waals surface area contributed by atoms with Crippen LogP contribution in [-0.4, -0.2) is 124 Å². The Bertz CT molecular complexity index is 1860. The molecule has 62 heavy (non-hydrogen) atoms. The average Bonchev–Trinajstić information content (AvgIpc) is 3.23. The lowest BCUT2D eigenvalue weighted by atomic mass is 9.96. The van der Waals surface area contributed by atoms with Crippen LogP contribution in [0.2, 0.25) is 0 Å². The van der Waals surface area contributed by atoms with Crippen LogP contribution >= 0.6 is 0 Å². The van der Waals surface area contributed by atoms with Crippen molar-refractivity contribution in [1.82, 2.24) is 31.1 Å². The van der Waals surface area contributed by atoms with Crippen LogP contribution in [0.5, 0.6) is 0 Å². The maximum absolute atomic E-state index is 14.6. The zero-order chi connectivity index (χ0) is 46.3. The topological polar surface area (TPSA) is 200 Å². The van der Waals surface area contributed by atoms with Crippen molar-refractivity contribution >= 4 is 52.2 Å². The Morgan fingerprint density at radius 2 is 1.19 bits per heavy atom. The first-order valence-electron chi connectivity index (χ1n) is 21.6. The lowest BCUT2D eigenvalue weighted by molar-refractivity contribution is -0.168. The summed E-state index contributed by atoms with van der Waals surface area (Å²) in [5, 5.41) is 11.3. The molecular weight excluding hydrogens is 813 g/mol. The molecule has 4 N–H and O–H groups in total. The number of likely N-dealkylation sites (N-methyl/N-ethyl adjacent to an activating group) is 2. The highest BCUT2D eigenvalue weighted by molar-refractivity contribution is 7.84. The van der Waals surface area contributed by atoms with E-state index >= 15 is 0 Å². The van der Waals surface area contributed by atoms with Crippen molar-refractivity contribution in [2.45, 2.75) is 129 Å². The van der Waals surface area contributed by atoms with Crippen LogP contribution in [0.3, 0.4) is 0 Å². The molecule has 0 spiro atoms. The predicted molar refractivity (Wildman–Crippen MR) is 239 cm³/mol. The lowest BCUT2D eigenvalue weighted by Crippen LogP contribution is -2.61. The quantitative estimate of drug-likeness (QED) is 0.232. The van der Waals surface area contributed by atoms with Crippen LogP contribution in [0.15, 0.2) is 60.7 Å². The number of carbonyl (C=O) groups is 7. The van der Waals surface area contributed by atoms with E-state index in [1.165, 1.54) is 37.1 Å². The normalized spacial score (nSPS) is 26.2. The molecule has 1 heterocycles. The third-order valence-corrected chi connectivity index (χ3v) is 12.0. The van der Waals surface area contributed by atoms with E-state index in [1.54, 1.807) is 69.3 Å². The fraction of sp³-hybridized carbons (Fsp3) is 0.587. The van der Waals surface area contributed by atoms with Gasteiger partial charge in [-0.15, -0.1) is 0 Å². The van der Waals surface area contributed by atoms with Gasteiger partial charge in [0.1, 0.15) is 30.2 Å². The summed E-state index contributed by atoms with van der Waals surface area (Å²) in [5.74, 6) is -6.06. The van der Waals surface area contributed by atoms with Gasteiger partial charge in [-0.25, -0.2) is 0 Å². The third kappa shape index (κ3) is 15.1. The maximum atomic E-state index is 14.6. The van der Waals surface area contributed by atoms with E-state index < -0.39 is 106 Å². The molecule has 16 heteroatoms. The fourth-order valence-electron chi connectivity index (χ4n) is 7.34. The summed E-state index contributed by atoms with van der Waals surface area (Å²) < 4.78 is 18.3. The number of hydrogen-bond donors (Lipinski definition) is 4. The standard InChI is InChI=1S/C46H68N6O9S/c1-11-18-34-30(6)46(59)61-39(29(4)5)45(58)52(9)38(27-33-21-16-13-17-22-33)43(56)49-35(23-24-62(10)60)41(54)50-36(26-32-19-14-12-15-20-32)44(57)51(8)37(25-28(2)3)42(55)47-31(7)40(53)48-34/h12-17,19-22,28-31,34-39H,11,18,23-27H2,1-10H3,(H,47,55)(H,48,53)(H,49,56)(H,50,54)/t30-,31+,34-,35+,36+,37+,38-,39-,62-/m1/s1. The highest BCUT2D eigenvalue weighted by Gasteiger charge is 2.40. The van der Waals surface area contributed by atoms with Crippen LogP contribution in [0.4, 0.5) is 0 Å². The average molecular weight is 881 g/mol. The van der Waals surface area contributed by atoms with Crippen molar-refractivity contribution in [2.24, 2.45) is 17.8 Å². The van der Waals surface area contributed by atoms with Crippen LogP contribution < -0.4 is 21.3 Å². The van der Waals surface area contributed by atoms with Gasteiger partial charge in [-0.05, 0) is 56.1 Å². The fourth-order valence-corrected chi connectivity index (χ4v) is 7.90. The predicted octanol–water partition coefficient (Wildman–Crippen LogP) is 2.92. The Morgan fingerprint density at radius 1 is 0.661 bits per heavy atom. The third-order valence-electron chi connectivity index (χ3n) is 11.2. The van der Waals surface area contributed by atoms with E-state index in [0.717, 1.165) is 0 Å². The van der Waals surface area contributed by atoms with Crippen LogP contribution in [0.1, 0.15) is 85.3 Å². The van der Waals surface area contributed by atoms with Crippen LogP contribution in [0, 0.1) is 17.8 Å². The number of cyclic esters (lactones) is 1. The molecule has 15 nitrogen and oxygen atoms in total. The monoisotopic (exact) mass is 880 g/mol. The van der Waals surface area contributed by atoms with E-state index in [2.05, 4.69) is 21.3 Å². The van der Waals surface area contributed by atoms with E-state index in [-0.39, 0.29) is 37.4 Å². The van der Waals surface area contributed by atoms with Crippen molar-refractivity contribution in [3.8, 4) is 0 Å². The van der Waals surface area contributed by atoms with Gasteiger partial charge in [-0.2, -0.15) is 0 Å². The summed E-state index contributed by atoms with van der Waals surface area (Å²) in [6.07, 6.45) is 1.34. The molecule has 0 saturated carbocycles. The molecule has 2 aromatic carbocycles. The first-order chi connectivity index (χ1) is 29.2. The molecule has 0 bridgehead atoms. The van der Waals surface area contributed by atoms with Crippen molar-refractivity contribution in [1.29, 1.82) is 0 Å². The summed E-state index contributed by atoms with van der Waals surface area (Å²) in [5.41, 5.74) is 1.42. The molecule has 0 unspecified atom stereocenters. The molecule has 9 atom stereocenters. The smallest absolute Gasteiger partial charge is 0.311 e. The molecule has 1 fully saturated rings. The minimum atomic E-state index is -1.37. The largest absolute Gasteiger partial charge is 0.452 e. The van der Waals surface area contributed by atoms with Gasteiger partial charge in [-0.3, -0.25) is 37.8 Å². The number of ether oxygens (including phenoxy) is 1. The second-order valence-corrected chi connectivity index (χ2v) is 18.7. The second-order valence-electron chi connectivity index (χ2n) is 17.2. The molecule has 3 rings (SSSR count). The van der Waals surface area contributed by atoms with Crippen molar-refractivity contribution in [3.05, 3.63) is 71.8 Å². The van der Waals surface area contributed by atoms with Gasteiger partial charge in [0.25, 0.3) is 5.91 Å². The first-order valence-corrected chi connectivity index (χ1v) is 23.3. The van der Waals surface area contributed by atoms with Gasteiger partial charge in [0.2, 0.25) is 29.5 Å². The molecular formula is C46H68N6O9S. The molecule has 1 aliphatic rings. The highest BCUT2D eigenvalue weighted by atomic mass is 32.2. The number of nitrogens with one attached hydrogen (secondary N) is 4. The van der Waals surface area contributed by atoms with Gasteiger partial charge in [0, 0.05) is 55.8 Å². The van der Waals surface area contributed by atoms with Crippen LogP contribution in [0.25, 0.3) is 0 Å². The molecule has 6 amide bonds.